The standard InChI is InChI=1S/C26H27IN2O5S/c1-17-6-8-18(9-7-17)16-34-24-20(27)12-19(13-21(24)33-2)14-22-25(31)29(26(32)35-22)15-23(30)28-10-4-3-5-11-28/h6-9,12-14H,3-5,10-11,15-16H2,1-2H3/b22-14-. The predicted octanol–water partition coefficient (Wildman–Crippen LogP) is 5.24. The van der Waals surface area contributed by atoms with Gasteiger partial charge in [-0.15, -0.1) is 0 Å². The number of hydrogen-bond acceptors (Lipinski definition) is 6. The van der Waals surface area contributed by atoms with Crippen LogP contribution in [0.2, 0.25) is 0 Å². The normalized spacial score (nSPS) is 17.3. The van der Waals surface area contributed by atoms with E-state index in [-0.39, 0.29) is 17.4 Å². The van der Waals surface area contributed by atoms with Gasteiger partial charge in [0, 0.05) is 13.1 Å². The fourth-order valence-electron chi connectivity index (χ4n) is 3.97. The number of nitrogens with zero attached hydrogens (tertiary/aromatic N) is 2. The van der Waals surface area contributed by atoms with Crippen molar-refractivity contribution in [2.75, 3.05) is 26.7 Å². The van der Waals surface area contributed by atoms with E-state index >= 15 is 0 Å². The molecule has 0 atom stereocenters. The molecular formula is C26H27IN2O5S. The van der Waals surface area contributed by atoms with Crippen molar-refractivity contribution in [3.63, 3.8) is 0 Å². The lowest BCUT2D eigenvalue weighted by molar-refractivity contribution is -0.136. The van der Waals surface area contributed by atoms with Crippen LogP contribution in [0.15, 0.2) is 41.3 Å². The van der Waals surface area contributed by atoms with Gasteiger partial charge in [0.05, 0.1) is 15.6 Å². The third kappa shape index (κ3) is 6.19. The Kier molecular flexibility index (Phi) is 8.38. The number of thioether (sulfide) groups is 1. The lowest BCUT2D eigenvalue weighted by Crippen LogP contribution is -2.44. The van der Waals surface area contributed by atoms with Crippen molar-refractivity contribution in [1.82, 2.24) is 9.80 Å². The first-order valence-electron chi connectivity index (χ1n) is 11.4. The van der Waals surface area contributed by atoms with Gasteiger partial charge in [0.15, 0.2) is 11.5 Å². The van der Waals surface area contributed by atoms with Crippen molar-refractivity contribution in [3.05, 3.63) is 61.6 Å². The Bertz CT molecular complexity index is 1160. The van der Waals surface area contributed by atoms with Crippen LogP contribution in [0.1, 0.15) is 36.0 Å². The minimum atomic E-state index is -0.445. The van der Waals surface area contributed by atoms with Crippen LogP contribution in [-0.4, -0.2) is 53.6 Å². The van der Waals surface area contributed by atoms with Crippen LogP contribution in [-0.2, 0) is 16.2 Å². The van der Waals surface area contributed by atoms with Crippen LogP contribution in [0.4, 0.5) is 4.79 Å². The van der Waals surface area contributed by atoms with E-state index < -0.39 is 11.1 Å². The van der Waals surface area contributed by atoms with E-state index in [0.29, 0.717) is 36.8 Å². The van der Waals surface area contributed by atoms with E-state index in [0.717, 1.165) is 45.1 Å². The van der Waals surface area contributed by atoms with Gasteiger partial charge in [-0.1, -0.05) is 29.8 Å². The average molecular weight is 606 g/mol. The smallest absolute Gasteiger partial charge is 0.294 e. The molecule has 2 aliphatic rings. The third-order valence-corrected chi connectivity index (χ3v) is 7.64. The Morgan fingerprint density at radius 1 is 1.11 bits per heavy atom. The van der Waals surface area contributed by atoms with Crippen LogP contribution in [0, 0.1) is 10.5 Å². The molecule has 184 valence electrons. The lowest BCUT2D eigenvalue weighted by atomic mass is 10.1. The summed E-state index contributed by atoms with van der Waals surface area (Å²) < 4.78 is 12.4. The van der Waals surface area contributed by atoms with Gasteiger partial charge in [-0.05, 0) is 89.9 Å². The summed E-state index contributed by atoms with van der Waals surface area (Å²) in [6.07, 6.45) is 4.67. The van der Waals surface area contributed by atoms with E-state index in [1.54, 1.807) is 24.2 Å². The van der Waals surface area contributed by atoms with Crippen LogP contribution < -0.4 is 9.47 Å². The lowest BCUT2D eigenvalue weighted by Gasteiger charge is -2.27. The molecule has 0 aliphatic carbocycles. The Balaban J connectivity index is 1.47. The largest absolute Gasteiger partial charge is 0.493 e. The minimum absolute atomic E-state index is 0.181. The molecule has 2 aromatic rings. The number of imide groups is 1. The second-order valence-corrected chi connectivity index (χ2v) is 10.7. The van der Waals surface area contributed by atoms with E-state index in [1.165, 1.54) is 5.56 Å². The minimum Gasteiger partial charge on any atom is -0.493 e. The molecule has 0 radical (unpaired) electrons. The van der Waals surface area contributed by atoms with E-state index in [1.807, 2.05) is 37.3 Å². The molecule has 2 heterocycles. The Labute approximate surface area is 223 Å². The summed E-state index contributed by atoms with van der Waals surface area (Å²) in [7, 11) is 1.56. The number of ether oxygens (including phenoxy) is 2. The molecule has 7 nitrogen and oxygen atoms in total. The van der Waals surface area contributed by atoms with Gasteiger partial charge in [-0.2, -0.15) is 0 Å². The molecule has 0 saturated carbocycles. The van der Waals surface area contributed by atoms with Crippen LogP contribution in [0.5, 0.6) is 11.5 Å². The molecule has 0 aromatic heterocycles. The molecule has 2 aromatic carbocycles. The van der Waals surface area contributed by atoms with Crippen LogP contribution >= 0.6 is 34.4 Å². The first-order chi connectivity index (χ1) is 16.9. The van der Waals surface area contributed by atoms with Crippen molar-refractivity contribution in [3.8, 4) is 11.5 Å². The van der Waals surface area contributed by atoms with Gasteiger partial charge < -0.3 is 14.4 Å². The van der Waals surface area contributed by atoms with Gasteiger partial charge in [-0.3, -0.25) is 19.3 Å². The van der Waals surface area contributed by atoms with Crippen molar-refractivity contribution in [2.45, 2.75) is 32.8 Å². The molecule has 0 N–H and O–H groups in total. The van der Waals surface area contributed by atoms with E-state index in [4.69, 9.17) is 9.47 Å². The van der Waals surface area contributed by atoms with Crippen molar-refractivity contribution < 1.29 is 23.9 Å². The van der Waals surface area contributed by atoms with Crippen molar-refractivity contribution in [1.29, 1.82) is 0 Å². The highest BCUT2D eigenvalue weighted by atomic mass is 127. The summed E-state index contributed by atoms with van der Waals surface area (Å²) >= 11 is 3.02. The molecule has 2 aliphatic heterocycles. The maximum Gasteiger partial charge on any atom is 0.294 e. The number of benzene rings is 2. The molecule has 0 spiro atoms. The van der Waals surface area contributed by atoms with Crippen molar-refractivity contribution >= 4 is 57.5 Å². The van der Waals surface area contributed by atoms with E-state index in [2.05, 4.69) is 22.6 Å². The third-order valence-electron chi connectivity index (χ3n) is 5.93. The summed E-state index contributed by atoms with van der Waals surface area (Å²) in [5, 5.41) is -0.425. The summed E-state index contributed by atoms with van der Waals surface area (Å²) in [6.45, 7) is 3.59. The summed E-state index contributed by atoms with van der Waals surface area (Å²) in [4.78, 5) is 41.0. The van der Waals surface area contributed by atoms with Gasteiger partial charge in [0.2, 0.25) is 5.91 Å². The monoisotopic (exact) mass is 606 g/mol. The van der Waals surface area contributed by atoms with Crippen LogP contribution in [0.25, 0.3) is 6.08 Å². The van der Waals surface area contributed by atoms with Gasteiger partial charge in [-0.25, -0.2) is 0 Å². The highest BCUT2D eigenvalue weighted by molar-refractivity contribution is 14.1. The molecule has 0 bridgehead atoms. The number of carbonyl (C=O) groups excluding carboxylic acids is 3. The average Bonchev–Trinajstić information content (AvgIpc) is 3.11. The molecule has 0 unspecified atom stereocenters. The molecular weight excluding hydrogens is 579 g/mol. The molecule has 4 rings (SSSR count). The maximum atomic E-state index is 12.9. The highest BCUT2D eigenvalue weighted by Crippen LogP contribution is 2.37. The number of rotatable bonds is 7. The zero-order valence-electron chi connectivity index (χ0n) is 19.7. The summed E-state index contributed by atoms with van der Waals surface area (Å²) in [5.41, 5.74) is 2.94. The Morgan fingerprint density at radius 2 is 1.83 bits per heavy atom. The molecule has 3 amide bonds. The number of amides is 3. The van der Waals surface area contributed by atoms with Crippen molar-refractivity contribution in [2.24, 2.45) is 0 Å². The fourth-order valence-corrected chi connectivity index (χ4v) is 5.59. The number of carbonyl (C=O) groups is 3. The zero-order chi connectivity index (χ0) is 24.9. The second kappa shape index (κ2) is 11.5. The maximum absolute atomic E-state index is 12.9. The Morgan fingerprint density at radius 3 is 2.51 bits per heavy atom. The second-order valence-electron chi connectivity index (χ2n) is 8.52. The predicted molar refractivity (Wildman–Crippen MR) is 144 cm³/mol. The molecule has 9 heteroatoms. The SMILES string of the molecule is COc1cc(/C=C2\SC(=O)N(CC(=O)N3CCCCC3)C2=O)cc(I)c1OCc1ccc(C)cc1. The van der Waals surface area contributed by atoms with E-state index in [9.17, 15) is 14.4 Å². The molecule has 35 heavy (non-hydrogen) atoms. The molecule has 2 fully saturated rings. The zero-order valence-corrected chi connectivity index (χ0v) is 22.7. The number of likely N-dealkylation sites (tertiary alicyclic amines) is 1. The number of halogens is 1. The first kappa shape index (κ1) is 25.6. The summed E-state index contributed by atoms with van der Waals surface area (Å²) in [5.74, 6) is 0.527. The first-order valence-corrected chi connectivity index (χ1v) is 13.3. The number of piperidine rings is 1. The van der Waals surface area contributed by atoms with Gasteiger partial charge >= 0.3 is 0 Å². The number of methoxy groups -OCH3 is 1. The molecule has 2 saturated heterocycles. The summed E-state index contributed by atoms with van der Waals surface area (Å²) in [6, 6.07) is 11.8. The fraction of sp³-hybridized carbons (Fsp3) is 0.346. The Hall–Kier alpha value is -2.53. The quantitative estimate of drug-likeness (QED) is 0.317. The van der Waals surface area contributed by atoms with Crippen LogP contribution in [0.3, 0.4) is 0 Å². The number of hydrogen-bond donors (Lipinski definition) is 0. The van der Waals surface area contributed by atoms with Gasteiger partial charge in [0.25, 0.3) is 11.1 Å². The van der Waals surface area contributed by atoms with Gasteiger partial charge in [0.1, 0.15) is 13.2 Å². The topological polar surface area (TPSA) is 76.2 Å². The number of aryl methyl sites for hydroxylation is 1. The highest BCUT2D eigenvalue weighted by Gasteiger charge is 2.37.